The average Bonchev–Trinajstić information content (AvgIpc) is 3.36. The first kappa shape index (κ1) is 17.2. The van der Waals surface area contributed by atoms with Crippen molar-refractivity contribution in [2.24, 2.45) is 5.92 Å². The fourth-order valence-corrected chi connectivity index (χ4v) is 3.18. The highest BCUT2D eigenvalue weighted by molar-refractivity contribution is 5.82. The van der Waals surface area contributed by atoms with Crippen molar-refractivity contribution < 1.29 is 18.0 Å². The molecule has 1 heterocycles. The van der Waals surface area contributed by atoms with Crippen LogP contribution in [0.1, 0.15) is 23.5 Å². The van der Waals surface area contributed by atoms with Gasteiger partial charge in [-0.1, -0.05) is 12.1 Å². The van der Waals surface area contributed by atoms with Gasteiger partial charge in [0, 0.05) is 45.2 Å². The van der Waals surface area contributed by atoms with Crippen molar-refractivity contribution in [3.05, 3.63) is 35.4 Å². The fraction of sp³-hybridized carbons (Fsp3) is 0.588. The molecule has 1 aromatic carbocycles. The summed E-state index contributed by atoms with van der Waals surface area (Å²) in [6, 6.07) is 5.16. The second kappa shape index (κ2) is 7.11. The molecule has 1 saturated carbocycles. The molecule has 0 spiro atoms. The van der Waals surface area contributed by atoms with Crippen molar-refractivity contribution in [1.82, 2.24) is 15.5 Å². The maximum atomic E-state index is 12.6. The number of carbonyl (C=O) groups is 1. The standard InChI is InChI=1S/C17H22F3N3O/c18-17(19,20)13-3-1-12(2-4-13)14-11-15(14)16(24)22-7-10-23-8-5-21-6-9-23/h1-4,14-15,21H,5-11H2,(H,22,24)/t14-,15+/m1/s1. The molecule has 1 aliphatic carbocycles. The van der Waals surface area contributed by atoms with Gasteiger partial charge in [0.1, 0.15) is 0 Å². The summed E-state index contributed by atoms with van der Waals surface area (Å²) in [5, 5.41) is 6.23. The van der Waals surface area contributed by atoms with Crippen LogP contribution in [0.25, 0.3) is 0 Å². The second-order valence-corrected chi connectivity index (χ2v) is 6.45. The molecule has 1 saturated heterocycles. The molecule has 2 aliphatic rings. The summed E-state index contributed by atoms with van der Waals surface area (Å²) >= 11 is 0. The molecule has 0 unspecified atom stereocenters. The third kappa shape index (κ3) is 4.27. The number of nitrogens with one attached hydrogen (secondary N) is 2. The molecule has 132 valence electrons. The van der Waals surface area contributed by atoms with Crippen LogP contribution in [-0.2, 0) is 11.0 Å². The van der Waals surface area contributed by atoms with Crippen molar-refractivity contribution in [3.63, 3.8) is 0 Å². The van der Waals surface area contributed by atoms with Crippen LogP contribution in [0.2, 0.25) is 0 Å². The minimum atomic E-state index is -4.32. The molecular formula is C17H22F3N3O. The monoisotopic (exact) mass is 341 g/mol. The largest absolute Gasteiger partial charge is 0.416 e. The van der Waals surface area contributed by atoms with Crippen LogP contribution in [0, 0.1) is 5.92 Å². The molecule has 2 atom stereocenters. The van der Waals surface area contributed by atoms with Crippen molar-refractivity contribution in [2.75, 3.05) is 39.3 Å². The van der Waals surface area contributed by atoms with Gasteiger partial charge < -0.3 is 10.6 Å². The molecule has 1 aromatic rings. The number of rotatable bonds is 5. The highest BCUT2D eigenvalue weighted by atomic mass is 19.4. The number of piperazine rings is 1. The van der Waals surface area contributed by atoms with Gasteiger partial charge in [0.2, 0.25) is 5.91 Å². The first-order chi connectivity index (χ1) is 11.4. The summed E-state index contributed by atoms with van der Waals surface area (Å²) in [7, 11) is 0. The van der Waals surface area contributed by atoms with E-state index in [0.29, 0.717) is 13.0 Å². The predicted octanol–water partition coefficient (Wildman–Crippen LogP) is 1.83. The quantitative estimate of drug-likeness (QED) is 0.859. The van der Waals surface area contributed by atoms with Gasteiger partial charge >= 0.3 is 6.18 Å². The Hall–Kier alpha value is -1.60. The Balaban J connectivity index is 1.43. The molecule has 0 bridgehead atoms. The molecular weight excluding hydrogens is 319 g/mol. The van der Waals surface area contributed by atoms with Crippen LogP contribution in [0.5, 0.6) is 0 Å². The van der Waals surface area contributed by atoms with Crippen LogP contribution in [0.4, 0.5) is 13.2 Å². The van der Waals surface area contributed by atoms with Gasteiger partial charge in [-0.05, 0) is 30.0 Å². The summed E-state index contributed by atoms with van der Waals surface area (Å²) in [5.41, 5.74) is 0.161. The van der Waals surface area contributed by atoms with E-state index in [-0.39, 0.29) is 17.7 Å². The Labute approximate surface area is 139 Å². The smallest absolute Gasteiger partial charge is 0.355 e. The number of carbonyl (C=O) groups excluding carboxylic acids is 1. The number of alkyl halides is 3. The highest BCUT2D eigenvalue weighted by Gasteiger charge is 2.44. The zero-order valence-electron chi connectivity index (χ0n) is 13.4. The Kier molecular flexibility index (Phi) is 5.10. The Morgan fingerprint density at radius 2 is 1.88 bits per heavy atom. The van der Waals surface area contributed by atoms with Gasteiger partial charge in [0.25, 0.3) is 0 Å². The van der Waals surface area contributed by atoms with E-state index in [0.717, 1.165) is 50.4 Å². The second-order valence-electron chi connectivity index (χ2n) is 6.45. The lowest BCUT2D eigenvalue weighted by Crippen LogP contribution is -2.46. The number of halogens is 3. The number of nitrogens with zero attached hydrogens (tertiary/aromatic N) is 1. The van der Waals surface area contributed by atoms with E-state index in [2.05, 4.69) is 15.5 Å². The lowest BCUT2D eigenvalue weighted by Gasteiger charge is -2.27. The number of hydrogen-bond donors (Lipinski definition) is 2. The summed E-state index contributed by atoms with van der Waals surface area (Å²) in [6.45, 7) is 5.40. The van der Waals surface area contributed by atoms with E-state index in [1.807, 2.05) is 0 Å². The molecule has 1 aliphatic heterocycles. The average molecular weight is 341 g/mol. The van der Waals surface area contributed by atoms with Crippen molar-refractivity contribution in [3.8, 4) is 0 Å². The molecule has 4 nitrogen and oxygen atoms in total. The van der Waals surface area contributed by atoms with Gasteiger partial charge in [-0.25, -0.2) is 0 Å². The fourth-order valence-electron chi connectivity index (χ4n) is 3.18. The van der Waals surface area contributed by atoms with Gasteiger partial charge in [-0.15, -0.1) is 0 Å². The minimum absolute atomic E-state index is 0.00929. The summed E-state index contributed by atoms with van der Waals surface area (Å²) in [5.74, 6) is -0.0498. The van der Waals surface area contributed by atoms with Crippen molar-refractivity contribution in [1.29, 1.82) is 0 Å². The lowest BCUT2D eigenvalue weighted by molar-refractivity contribution is -0.137. The SMILES string of the molecule is O=C(NCCN1CCNCC1)[C@H]1C[C@@H]1c1ccc(C(F)(F)F)cc1. The Bertz CT molecular complexity index is 567. The van der Waals surface area contributed by atoms with Crippen LogP contribution in [0.3, 0.4) is 0 Å². The van der Waals surface area contributed by atoms with Crippen LogP contribution in [-0.4, -0.2) is 50.1 Å². The first-order valence-electron chi connectivity index (χ1n) is 8.33. The van der Waals surface area contributed by atoms with E-state index in [4.69, 9.17) is 0 Å². The van der Waals surface area contributed by atoms with Gasteiger partial charge in [-0.3, -0.25) is 9.69 Å². The summed E-state index contributed by atoms with van der Waals surface area (Å²) < 4.78 is 37.7. The molecule has 0 radical (unpaired) electrons. The molecule has 0 aromatic heterocycles. The van der Waals surface area contributed by atoms with E-state index >= 15 is 0 Å². The molecule has 24 heavy (non-hydrogen) atoms. The topological polar surface area (TPSA) is 44.4 Å². The minimum Gasteiger partial charge on any atom is -0.355 e. The third-order valence-electron chi connectivity index (χ3n) is 4.73. The molecule has 1 amide bonds. The van der Waals surface area contributed by atoms with Crippen LogP contribution in [0.15, 0.2) is 24.3 Å². The molecule has 2 N–H and O–H groups in total. The summed E-state index contributed by atoms with van der Waals surface area (Å²) in [6.07, 6.45) is -3.60. The number of amides is 1. The Morgan fingerprint density at radius 1 is 1.21 bits per heavy atom. The van der Waals surface area contributed by atoms with E-state index < -0.39 is 11.7 Å². The van der Waals surface area contributed by atoms with Crippen LogP contribution >= 0.6 is 0 Å². The summed E-state index contributed by atoms with van der Waals surface area (Å²) in [4.78, 5) is 14.4. The van der Waals surface area contributed by atoms with Gasteiger partial charge in [-0.2, -0.15) is 13.2 Å². The van der Waals surface area contributed by atoms with E-state index in [1.54, 1.807) is 0 Å². The maximum Gasteiger partial charge on any atom is 0.416 e. The van der Waals surface area contributed by atoms with Crippen LogP contribution < -0.4 is 10.6 Å². The van der Waals surface area contributed by atoms with Gasteiger partial charge in [0.15, 0.2) is 0 Å². The zero-order chi connectivity index (χ0) is 17.2. The number of hydrogen-bond acceptors (Lipinski definition) is 3. The van der Waals surface area contributed by atoms with Crippen molar-refractivity contribution >= 4 is 5.91 Å². The molecule has 2 fully saturated rings. The van der Waals surface area contributed by atoms with E-state index in [1.165, 1.54) is 12.1 Å². The van der Waals surface area contributed by atoms with E-state index in [9.17, 15) is 18.0 Å². The highest BCUT2D eigenvalue weighted by Crippen LogP contribution is 2.47. The maximum absolute atomic E-state index is 12.6. The normalized spacial score (nSPS) is 24.6. The predicted molar refractivity (Wildman–Crippen MR) is 84.6 cm³/mol. The van der Waals surface area contributed by atoms with Gasteiger partial charge in [0.05, 0.1) is 5.56 Å². The van der Waals surface area contributed by atoms with Crippen molar-refractivity contribution in [2.45, 2.75) is 18.5 Å². The molecule has 3 rings (SSSR count). The lowest BCUT2D eigenvalue weighted by atomic mass is 10.1. The Morgan fingerprint density at radius 3 is 2.50 bits per heavy atom. The number of benzene rings is 1. The zero-order valence-corrected chi connectivity index (χ0v) is 13.4. The molecule has 7 heteroatoms. The third-order valence-corrected chi connectivity index (χ3v) is 4.73. The first-order valence-corrected chi connectivity index (χ1v) is 8.33.